The molecular formula is C11H11NO3. The summed E-state index contributed by atoms with van der Waals surface area (Å²) in [6.45, 7) is 0. The first kappa shape index (κ1) is 10.9. The standard InChI is InChI=1S/C11H11NO3/c1-14-10-4-3-8(5-11(10)15-2)9(6-12)7-13/h3-5,7,13H,1-2H3. The highest BCUT2D eigenvalue weighted by molar-refractivity contribution is 5.77. The average Bonchev–Trinajstić information content (AvgIpc) is 2.30. The smallest absolute Gasteiger partial charge is 0.161 e. The Morgan fingerprint density at radius 3 is 2.47 bits per heavy atom. The number of aliphatic hydroxyl groups is 1. The molecule has 0 saturated heterocycles. The Balaban J connectivity index is 3.20. The Labute approximate surface area is 88.0 Å². The average molecular weight is 205 g/mol. The molecule has 1 N–H and O–H groups in total. The van der Waals surface area contributed by atoms with Crippen LogP contribution in [0.2, 0.25) is 0 Å². The number of benzene rings is 1. The molecule has 0 aliphatic carbocycles. The van der Waals surface area contributed by atoms with Gasteiger partial charge < -0.3 is 14.6 Å². The molecule has 0 bridgehead atoms. The monoisotopic (exact) mass is 205 g/mol. The zero-order valence-corrected chi connectivity index (χ0v) is 8.52. The number of methoxy groups -OCH3 is 2. The molecule has 0 saturated carbocycles. The van der Waals surface area contributed by atoms with Gasteiger partial charge in [-0.25, -0.2) is 0 Å². The summed E-state index contributed by atoms with van der Waals surface area (Å²) in [7, 11) is 3.04. The van der Waals surface area contributed by atoms with Crippen LogP contribution in [-0.2, 0) is 0 Å². The first-order chi connectivity index (χ1) is 7.26. The van der Waals surface area contributed by atoms with Gasteiger partial charge in [-0.2, -0.15) is 5.26 Å². The van der Waals surface area contributed by atoms with E-state index in [9.17, 15) is 0 Å². The zero-order chi connectivity index (χ0) is 11.3. The number of nitrogens with zero attached hydrogens (tertiary/aromatic N) is 1. The first-order valence-electron chi connectivity index (χ1n) is 4.23. The van der Waals surface area contributed by atoms with Crippen LogP contribution in [0.4, 0.5) is 0 Å². The van der Waals surface area contributed by atoms with Crippen LogP contribution in [-0.4, -0.2) is 19.3 Å². The predicted molar refractivity (Wildman–Crippen MR) is 55.8 cm³/mol. The van der Waals surface area contributed by atoms with E-state index >= 15 is 0 Å². The van der Waals surface area contributed by atoms with Crippen molar-refractivity contribution in [2.75, 3.05) is 14.2 Å². The number of rotatable bonds is 3. The number of aliphatic hydroxyl groups excluding tert-OH is 1. The molecule has 0 heterocycles. The maximum atomic E-state index is 8.81. The topological polar surface area (TPSA) is 62.5 Å². The zero-order valence-electron chi connectivity index (χ0n) is 8.52. The molecule has 0 fully saturated rings. The summed E-state index contributed by atoms with van der Waals surface area (Å²) in [6.07, 6.45) is 0.765. The molecule has 0 spiro atoms. The van der Waals surface area contributed by atoms with Crippen LogP contribution in [0.1, 0.15) is 5.56 Å². The van der Waals surface area contributed by atoms with E-state index in [2.05, 4.69) is 0 Å². The van der Waals surface area contributed by atoms with Crippen LogP contribution in [0.25, 0.3) is 5.57 Å². The fourth-order valence-corrected chi connectivity index (χ4v) is 1.17. The summed E-state index contributed by atoms with van der Waals surface area (Å²) in [5.41, 5.74) is 0.758. The van der Waals surface area contributed by atoms with E-state index in [1.54, 1.807) is 18.2 Å². The predicted octanol–water partition coefficient (Wildman–Crippen LogP) is 2.13. The van der Waals surface area contributed by atoms with Gasteiger partial charge in [0.1, 0.15) is 6.07 Å². The van der Waals surface area contributed by atoms with E-state index in [1.807, 2.05) is 6.07 Å². The second kappa shape index (κ2) is 4.91. The maximum Gasteiger partial charge on any atom is 0.161 e. The van der Waals surface area contributed by atoms with Gasteiger partial charge in [-0.05, 0) is 23.8 Å². The van der Waals surface area contributed by atoms with Gasteiger partial charge in [0.2, 0.25) is 0 Å². The quantitative estimate of drug-likeness (QED) is 0.606. The summed E-state index contributed by atoms with van der Waals surface area (Å²) in [6, 6.07) is 6.85. The molecule has 15 heavy (non-hydrogen) atoms. The SMILES string of the molecule is COc1ccc(C(C#N)=CO)cc1OC. The lowest BCUT2D eigenvalue weighted by molar-refractivity contribution is 0.355. The van der Waals surface area contributed by atoms with Crippen LogP contribution >= 0.6 is 0 Å². The molecule has 1 aromatic rings. The highest BCUT2D eigenvalue weighted by Gasteiger charge is 2.07. The Bertz CT molecular complexity index is 418. The molecule has 0 aromatic heterocycles. The summed E-state index contributed by atoms with van der Waals surface area (Å²) in [5, 5.41) is 17.5. The highest BCUT2D eigenvalue weighted by atomic mass is 16.5. The third-order valence-corrected chi connectivity index (χ3v) is 1.94. The van der Waals surface area contributed by atoms with Crippen LogP contribution in [0.5, 0.6) is 11.5 Å². The van der Waals surface area contributed by atoms with E-state index < -0.39 is 0 Å². The normalized spacial score (nSPS) is 10.6. The Morgan fingerprint density at radius 1 is 1.33 bits per heavy atom. The number of ether oxygens (including phenoxy) is 2. The molecule has 0 unspecified atom stereocenters. The summed E-state index contributed by atoms with van der Waals surface area (Å²) in [5.74, 6) is 1.10. The van der Waals surface area contributed by atoms with Gasteiger partial charge in [0, 0.05) is 0 Å². The molecule has 0 radical (unpaired) electrons. The molecule has 78 valence electrons. The lowest BCUT2D eigenvalue weighted by Crippen LogP contribution is -1.92. The minimum atomic E-state index is 0.177. The van der Waals surface area contributed by atoms with E-state index in [0.29, 0.717) is 17.1 Å². The minimum Gasteiger partial charge on any atom is -0.514 e. The molecule has 0 amide bonds. The van der Waals surface area contributed by atoms with E-state index in [1.165, 1.54) is 14.2 Å². The Hall–Kier alpha value is -2.15. The molecular weight excluding hydrogens is 194 g/mol. The van der Waals surface area contributed by atoms with Gasteiger partial charge in [0.05, 0.1) is 26.1 Å². The fourth-order valence-electron chi connectivity index (χ4n) is 1.17. The Kier molecular flexibility index (Phi) is 3.58. The van der Waals surface area contributed by atoms with Crippen molar-refractivity contribution in [3.63, 3.8) is 0 Å². The maximum absolute atomic E-state index is 8.81. The first-order valence-corrected chi connectivity index (χ1v) is 4.23. The lowest BCUT2D eigenvalue weighted by Gasteiger charge is -2.08. The van der Waals surface area contributed by atoms with Crippen LogP contribution in [0.3, 0.4) is 0 Å². The second-order valence-electron chi connectivity index (χ2n) is 2.72. The van der Waals surface area contributed by atoms with Gasteiger partial charge in [0.25, 0.3) is 0 Å². The van der Waals surface area contributed by atoms with Gasteiger partial charge in [-0.1, -0.05) is 0 Å². The van der Waals surface area contributed by atoms with Crippen molar-refractivity contribution in [2.45, 2.75) is 0 Å². The number of nitriles is 1. The Morgan fingerprint density at radius 2 is 2.00 bits per heavy atom. The largest absolute Gasteiger partial charge is 0.514 e. The number of hydrogen-bond acceptors (Lipinski definition) is 4. The number of allylic oxidation sites excluding steroid dienone is 1. The lowest BCUT2D eigenvalue weighted by atomic mass is 10.1. The molecule has 0 atom stereocenters. The summed E-state index contributed by atoms with van der Waals surface area (Å²) < 4.78 is 10.1. The van der Waals surface area contributed by atoms with Crippen molar-refractivity contribution in [3.05, 3.63) is 30.0 Å². The molecule has 0 aliphatic rings. The van der Waals surface area contributed by atoms with Crippen molar-refractivity contribution in [1.82, 2.24) is 0 Å². The van der Waals surface area contributed by atoms with Crippen molar-refractivity contribution < 1.29 is 14.6 Å². The summed E-state index contributed by atoms with van der Waals surface area (Å²) in [4.78, 5) is 0. The molecule has 4 heteroatoms. The van der Waals surface area contributed by atoms with E-state index in [4.69, 9.17) is 19.8 Å². The van der Waals surface area contributed by atoms with Crippen LogP contribution in [0, 0.1) is 11.3 Å². The van der Waals surface area contributed by atoms with Gasteiger partial charge >= 0.3 is 0 Å². The molecule has 4 nitrogen and oxygen atoms in total. The van der Waals surface area contributed by atoms with Crippen molar-refractivity contribution in [2.24, 2.45) is 0 Å². The van der Waals surface area contributed by atoms with Gasteiger partial charge in [-0.3, -0.25) is 0 Å². The van der Waals surface area contributed by atoms with Crippen LogP contribution < -0.4 is 9.47 Å². The summed E-state index contributed by atoms with van der Waals surface area (Å²) >= 11 is 0. The van der Waals surface area contributed by atoms with E-state index in [0.717, 1.165) is 6.26 Å². The molecule has 0 aliphatic heterocycles. The van der Waals surface area contributed by atoms with Crippen LogP contribution in [0.15, 0.2) is 24.5 Å². The minimum absolute atomic E-state index is 0.177. The van der Waals surface area contributed by atoms with Gasteiger partial charge in [-0.15, -0.1) is 0 Å². The van der Waals surface area contributed by atoms with Crippen molar-refractivity contribution in [3.8, 4) is 17.6 Å². The second-order valence-corrected chi connectivity index (χ2v) is 2.72. The molecule has 1 aromatic carbocycles. The fraction of sp³-hybridized carbons (Fsp3) is 0.182. The van der Waals surface area contributed by atoms with Crippen molar-refractivity contribution in [1.29, 1.82) is 5.26 Å². The van der Waals surface area contributed by atoms with Crippen molar-refractivity contribution >= 4 is 5.57 Å². The number of hydrogen-bond donors (Lipinski definition) is 1. The highest BCUT2D eigenvalue weighted by Crippen LogP contribution is 2.29. The molecule has 1 rings (SSSR count). The third-order valence-electron chi connectivity index (χ3n) is 1.94. The van der Waals surface area contributed by atoms with E-state index in [-0.39, 0.29) is 5.57 Å². The van der Waals surface area contributed by atoms with Gasteiger partial charge in [0.15, 0.2) is 11.5 Å². The third kappa shape index (κ3) is 2.20.